The summed E-state index contributed by atoms with van der Waals surface area (Å²) < 4.78 is 5.84. The number of carbonyl (C=O) groups excluding carboxylic acids is 2. The number of aromatic nitrogens is 1. The van der Waals surface area contributed by atoms with Gasteiger partial charge in [0, 0.05) is 37.0 Å². The van der Waals surface area contributed by atoms with Crippen molar-refractivity contribution in [3.8, 4) is 5.75 Å². The Morgan fingerprint density at radius 1 is 1.11 bits per heavy atom. The zero-order valence-corrected chi connectivity index (χ0v) is 20.8. The maximum Gasteiger partial charge on any atom is 0.271 e. The number of benzene rings is 2. The Morgan fingerprint density at radius 3 is 2.49 bits per heavy atom. The van der Waals surface area contributed by atoms with Gasteiger partial charge in [-0.3, -0.25) is 9.59 Å². The summed E-state index contributed by atoms with van der Waals surface area (Å²) in [6.45, 7) is 6.20. The fourth-order valence-corrected chi connectivity index (χ4v) is 4.89. The van der Waals surface area contributed by atoms with Gasteiger partial charge in [-0.25, -0.2) is 4.98 Å². The van der Waals surface area contributed by atoms with Gasteiger partial charge in [-0.15, -0.1) is 11.3 Å². The van der Waals surface area contributed by atoms with Crippen LogP contribution in [0.2, 0.25) is 0 Å². The molecule has 2 N–H and O–H groups in total. The molecule has 1 saturated carbocycles. The number of hydrogen-bond donors (Lipinski definition) is 2. The van der Waals surface area contributed by atoms with E-state index < -0.39 is 0 Å². The average molecular weight is 491 g/mol. The van der Waals surface area contributed by atoms with E-state index in [1.54, 1.807) is 5.38 Å². The van der Waals surface area contributed by atoms with Gasteiger partial charge in [-0.2, -0.15) is 0 Å². The molecule has 2 aromatic carbocycles. The zero-order valence-electron chi connectivity index (χ0n) is 20.0. The molecular weight excluding hydrogens is 460 g/mol. The fraction of sp³-hybridized carbons (Fsp3) is 0.370. The molecule has 1 unspecified atom stereocenters. The van der Waals surface area contributed by atoms with Crippen molar-refractivity contribution < 1.29 is 14.3 Å². The van der Waals surface area contributed by atoms with Gasteiger partial charge in [0.05, 0.1) is 12.6 Å². The highest BCUT2D eigenvalue weighted by Crippen LogP contribution is 2.34. The molecule has 2 aliphatic rings. The van der Waals surface area contributed by atoms with Crippen molar-refractivity contribution in [1.29, 1.82) is 0 Å². The van der Waals surface area contributed by atoms with Crippen LogP contribution in [0, 0.1) is 5.92 Å². The van der Waals surface area contributed by atoms with Crippen molar-refractivity contribution in [2.45, 2.75) is 38.6 Å². The molecule has 1 aromatic heterocycles. The Bertz CT molecular complexity index is 1180. The van der Waals surface area contributed by atoms with E-state index in [2.05, 4.69) is 69.0 Å². The van der Waals surface area contributed by atoms with Crippen LogP contribution in [0.1, 0.15) is 60.3 Å². The summed E-state index contributed by atoms with van der Waals surface area (Å²) in [7, 11) is 0. The van der Waals surface area contributed by atoms with Crippen LogP contribution >= 0.6 is 11.3 Å². The first kappa shape index (κ1) is 23.4. The molecule has 7 nitrogen and oxygen atoms in total. The number of anilines is 2. The van der Waals surface area contributed by atoms with Crippen LogP contribution in [0.4, 0.5) is 10.8 Å². The van der Waals surface area contributed by atoms with Crippen LogP contribution in [0.25, 0.3) is 0 Å². The van der Waals surface area contributed by atoms with Crippen LogP contribution in [-0.4, -0.2) is 36.5 Å². The van der Waals surface area contributed by atoms with Crippen molar-refractivity contribution in [2.75, 3.05) is 29.9 Å². The van der Waals surface area contributed by atoms with E-state index in [0.29, 0.717) is 16.7 Å². The minimum atomic E-state index is -0.256. The van der Waals surface area contributed by atoms with Crippen LogP contribution < -0.4 is 20.3 Å². The van der Waals surface area contributed by atoms with Crippen molar-refractivity contribution in [3.63, 3.8) is 0 Å². The molecule has 1 atom stereocenters. The first-order valence-electron chi connectivity index (χ1n) is 12.1. The molecule has 35 heavy (non-hydrogen) atoms. The van der Waals surface area contributed by atoms with Gasteiger partial charge in [0.2, 0.25) is 5.91 Å². The standard InChI is InChI=1S/C27H30N4O3S/c1-17(28-26(33)25-16-35-27(30-25)29-18(2)32)20-5-7-21(8-6-20)22-13-31(14-22)23-9-11-24(12-10-23)34-15-19-3-4-19/h5-12,16-17,19,22H,3-4,13-15H2,1-2H3,(H,28,33)(H,29,30,32). The number of nitrogens with one attached hydrogen (secondary N) is 2. The van der Waals surface area contributed by atoms with E-state index in [4.69, 9.17) is 4.74 Å². The second kappa shape index (κ2) is 10.1. The number of carbonyl (C=O) groups is 2. The van der Waals surface area contributed by atoms with Gasteiger partial charge in [-0.05, 0) is 61.1 Å². The topological polar surface area (TPSA) is 83.6 Å². The summed E-state index contributed by atoms with van der Waals surface area (Å²) in [5.74, 6) is 1.76. The molecule has 5 rings (SSSR count). The Labute approximate surface area is 209 Å². The lowest BCUT2D eigenvalue weighted by Crippen LogP contribution is -2.45. The average Bonchev–Trinajstić information content (AvgIpc) is 3.54. The Hall–Kier alpha value is -3.39. The summed E-state index contributed by atoms with van der Waals surface area (Å²) in [4.78, 5) is 30.2. The smallest absolute Gasteiger partial charge is 0.271 e. The highest BCUT2D eigenvalue weighted by Gasteiger charge is 2.28. The number of nitrogens with zero attached hydrogens (tertiary/aromatic N) is 2. The lowest BCUT2D eigenvalue weighted by molar-refractivity contribution is -0.114. The number of hydrogen-bond acceptors (Lipinski definition) is 6. The monoisotopic (exact) mass is 490 g/mol. The van der Waals surface area contributed by atoms with E-state index in [1.165, 1.54) is 42.4 Å². The predicted molar refractivity (Wildman–Crippen MR) is 138 cm³/mol. The summed E-state index contributed by atoms with van der Waals surface area (Å²) in [6.07, 6.45) is 2.60. The van der Waals surface area contributed by atoms with E-state index in [-0.39, 0.29) is 17.9 Å². The molecule has 1 aliphatic heterocycles. The number of ether oxygens (including phenoxy) is 1. The van der Waals surface area contributed by atoms with E-state index in [1.807, 2.05) is 6.92 Å². The quantitative estimate of drug-likeness (QED) is 0.442. The normalized spacial score (nSPS) is 16.3. The van der Waals surface area contributed by atoms with E-state index >= 15 is 0 Å². The molecule has 0 radical (unpaired) electrons. The summed E-state index contributed by atoms with van der Waals surface area (Å²) in [5, 5.41) is 7.65. The molecule has 1 saturated heterocycles. The summed E-state index contributed by atoms with van der Waals surface area (Å²) in [6, 6.07) is 16.8. The minimum Gasteiger partial charge on any atom is -0.493 e. The first-order chi connectivity index (χ1) is 16.9. The Morgan fingerprint density at radius 2 is 1.83 bits per heavy atom. The Kier molecular flexibility index (Phi) is 6.72. The molecular formula is C27H30N4O3S. The van der Waals surface area contributed by atoms with Gasteiger partial charge >= 0.3 is 0 Å². The third kappa shape index (κ3) is 5.82. The highest BCUT2D eigenvalue weighted by molar-refractivity contribution is 7.14. The van der Waals surface area contributed by atoms with Crippen LogP contribution in [-0.2, 0) is 4.79 Å². The molecule has 182 valence electrons. The Balaban J connectivity index is 1.10. The van der Waals surface area contributed by atoms with Gasteiger partial charge in [0.25, 0.3) is 5.91 Å². The van der Waals surface area contributed by atoms with Crippen molar-refractivity contribution in [3.05, 3.63) is 70.7 Å². The zero-order chi connectivity index (χ0) is 24.4. The molecule has 3 aromatic rings. The number of rotatable bonds is 9. The molecule has 0 spiro atoms. The second-order valence-corrected chi connectivity index (χ2v) is 10.3. The lowest BCUT2D eigenvalue weighted by atomic mass is 9.90. The SMILES string of the molecule is CC(=O)Nc1nc(C(=O)NC(C)c2ccc(C3CN(c4ccc(OCC5CC5)cc4)C3)cc2)cs1. The minimum absolute atomic E-state index is 0.152. The molecule has 0 bridgehead atoms. The van der Waals surface area contributed by atoms with Crippen molar-refractivity contribution in [1.82, 2.24) is 10.3 Å². The largest absolute Gasteiger partial charge is 0.493 e. The van der Waals surface area contributed by atoms with Gasteiger partial charge in [0.1, 0.15) is 11.4 Å². The van der Waals surface area contributed by atoms with Crippen molar-refractivity contribution in [2.24, 2.45) is 5.92 Å². The van der Waals surface area contributed by atoms with Gasteiger partial charge in [-0.1, -0.05) is 24.3 Å². The molecule has 2 fully saturated rings. The van der Waals surface area contributed by atoms with E-state index in [9.17, 15) is 9.59 Å². The maximum atomic E-state index is 12.5. The lowest BCUT2D eigenvalue weighted by Gasteiger charge is -2.41. The summed E-state index contributed by atoms with van der Waals surface area (Å²) >= 11 is 1.23. The van der Waals surface area contributed by atoms with Crippen LogP contribution in [0.3, 0.4) is 0 Å². The van der Waals surface area contributed by atoms with Crippen LogP contribution in [0.15, 0.2) is 53.9 Å². The predicted octanol–water partition coefficient (Wildman–Crippen LogP) is 4.99. The summed E-state index contributed by atoms with van der Waals surface area (Å²) in [5.41, 5.74) is 3.89. The van der Waals surface area contributed by atoms with Crippen molar-refractivity contribution >= 4 is 34.0 Å². The van der Waals surface area contributed by atoms with Crippen LogP contribution in [0.5, 0.6) is 5.75 Å². The third-order valence-corrected chi connectivity index (χ3v) is 7.30. The number of amides is 2. The highest BCUT2D eigenvalue weighted by atomic mass is 32.1. The van der Waals surface area contributed by atoms with Gasteiger partial charge < -0.3 is 20.3 Å². The fourth-order valence-electron chi connectivity index (χ4n) is 4.15. The maximum absolute atomic E-state index is 12.5. The van der Waals surface area contributed by atoms with Gasteiger partial charge in [0.15, 0.2) is 5.13 Å². The third-order valence-electron chi connectivity index (χ3n) is 6.54. The first-order valence-corrected chi connectivity index (χ1v) is 12.9. The molecule has 8 heteroatoms. The number of thiazole rings is 1. The molecule has 1 aliphatic carbocycles. The van der Waals surface area contributed by atoms with E-state index in [0.717, 1.165) is 36.9 Å². The second-order valence-electron chi connectivity index (χ2n) is 9.43. The molecule has 2 heterocycles. The molecule has 2 amide bonds.